The highest BCUT2D eigenvalue weighted by atomic mass is 35.5. The predicted molar refractivity (Wildman–Crippen MR) is 130 cm³/mol. The molecule has 2 saturated heterocycles. The van der Waals surface area contributed by atoms with Crippen molar-refractivity contribution in [3.05, 3.63) is 59.1 Å². The molecule has 2 aromatic carbocycles. The zero-order chi connectivity index (χ0) is 23.0. The summed E-state index contributed by atoms with van der Waals surface area (Å²) in [6, 6.07) is 10.9. The van der Waals surface area contributed by atoms with Crippen LogP contribution in [0.4, 0.5) is 10.1 Å². The van der Waals surface area contributed by atoms with Gasteiger partial charge in [0.1, 0.15) is 12.1 Å². The number of imidazole rings is 1. The van der Waals surface area contributed by atoms with E-state index in [1.165, 1.54) is 6.07 Å². The first-order chi connectivity index (χ1) is 16.0. The monoisotopic (exact) mass is 469 g/mol. The molecule has 0 bridgehead atoms. The molecule has 2 aliphatic rings. The Hall–Kier alpha value is -2.48. The van der Waals surface area contributed by atoms with Gasteiger partial charge in [0.05, 0.1) is 28.9 Å². The number of hydrogen-bond donors (Lipinski definition) is 1. The summed E-state index contributed by atoms with van der Waals surface area (Å²) in [6.45, 7) is 7.30. The summed E-state index contributed by atoms with van der Waals surface area (Å²) in [5.41, 5.74) is 3.21. The van der Waals surface area contributed by atoms with E-state index in [-0.39, 0.29) is 17.4 Å². The molecule has 0 spiro atoms. The maximum Gasteiger partial charge on any atom is 0.141 e. The van der Waals surface area contributed by atoms with Gasteiger partial charge in [0.25, 0.3) is 0 Å². The molecule has 0 amide bonds. The second-order valence-electron chi connectivity index (χ2n) is 9.23. The summed E-state index contributed by atoms with van der Waals surface area (Å²) in [5.74, 6) is -0.311. The number of aromatic nitrogens is 2. The fraction of sp³-hybridized carbons (Fsp3) is 0.440. The quantitative estimate of drug-likeness (QED) is 0.555. The van der Waals surface area contributed by atoms with Crippen LogP contribution in [0.25, 0.3) is 11.0 Å². The summed E-state index contributed by atoms with van der Waals surface area (Å²) in [7, 11) is 0. The van der Waals surface area contributed by atoms with Gasteiger partial charge in [-0.25, -0.2) is 9.37 Å². The predicted octanol–water partition coefficient (Wildman–Crippen LogP) is 3.88. The number of anilines is 1. The number of carbonyl (C=O) groups is 1. The van der Waals surface area contributed by atoms with Crippen molar-refractivity contribution in [2.45, 2.75) is 31.3 Å². The number of fused-ring (bicyclic) bond motifs is 1. The molecule has 8 heteroatoms. The minimum Gasteiger partial charge on any atom is -0.369 e. The molecule has 33 heavy (non-hydrogen) atoms. The van der Waals surface area contributed by atoms with E-state index in [0.29, 0.717) is 10.6 Å². The maximum atomic E-state index is 14.5. The molecule has 0 saturated carbocycles. The Morgan fingerprint density at radius 3 is 2.73 bits per heavy atom. The number of nitrogens with zero attached hydrogens (tertiary/aromatic N) is 4. The van der Waals surface area contributed by atoms with E-state index < -0.39 is 0 Å². The second kappa shape index (κ2) is 9.05. The van der Waals surface area contributed by atoms with Crippen LogP contribution in [-0.2, 0) is 4.79 Å². The molecule has 0 radical (unpaired) electrons. The van der Waals surface area contributed by atoms with Crippen molar-refractivity contribution in [1.29, 1.82) is 0 Å². The number of benzene rings is 2. The Balaban J connectivity index is 1.32. The maximum absolute atomic E-state index is 14.5. The summed E-state index contributed by atoms with van der Waals surface area (Å²) in [4.78, 5) is 21.0. The van der Waals surface area contributed by atoms with Crippen LogP contribution in [0.5, 0.6) is 0 Å². The van der Waals surface area contributed by atoms with E-state index in [0.717, 1.165) is 75.1 Å². The Morgan fingerprint density at radius 2 is 2.03 bits per heavy atom. The van der Waals surface area contributed by atoms with Gasteiger partial charge in [-0.2, -0.15) is 0 Å². The lowest BCUT2D eigenvalue weighted by Crippen LogP contribution is -2.56. The molecule has 5 rings (SSSR count). The van der Waals surface area contributed by atoms with Crippen LogP contribution in [-0.4, -0.2) is 65.5 Å². The average Bonchev–Trinajstić information content (AvgIpc) is 3.46. The van der Waals surface area contributed by atoms with Gasteiger partial charge in [-0.1, -0.05) is 17.7 Å². The molecule has 1 aromatic heterocycles. The summed E-state index contributed by atoms with van der Waals surface area (Å²) in [5, 5.41) is 3.79. The van der Waals surface area contributed by atoms with Crippen molar-refractivity contribution < 1.29 is 9.18 Å². The number of hydrogen-bond acceptors (Lipinski definition) is 5. The Morgan fingerprint density at radius 1 is 1.21 bits per heavy atom. The van der Waals surface area contributed by atoms with Crippen molar-refractivity contribution in [1.82, 2.24) is 19.8 Å². The number of rotatable bonds is 6. The molecule has 3 heterocycles. The molecular weight excluding hydrogens is 441 g/mol. The standard InChI is InChI=1S/C25H29ClFN5O/c1-18(21-5-3-19(26)13-22(21)27)32-17-28-23-6-4-20(14-24(23)32)31-11-9-30(10-12-31)15-25(16-33)7-2-8-29-25/h3-6,13-14,16-18,29H,2,7-12,15H2,1H3/t18-,25?/m1/s1. The highest BCUT2D eigenvalue weighted by Gasteiger charge is 2.35. The number of carbonyl (C=O) groups excluding carboxylic acids is 1. The van der Waals surface area contributed by atoms with Crippen molar-refractivity contribution >= 4 is 34.6 Å². The van der Waals surface area contributed by atoms with Gasteiger partial charge < -0.3 is 19.6 Å². The lowest BCUT2D eigenvalue weighted by Gasteiger charge is -2.39. The highest BCUT2D eigenvalue weighted by Crippen LogP contribution is 2.30. The fourth-order valence-corrected chi connectivity index (χ4v) is 5.33. The second-order valence-corrected chi connectivity index (χ2v) is 9.67. The minimum atomic E-state index is -0.374. The zero-order valence-electron chi connectivity index (χ0n) is 18.8. The van der Waals surface area contributed by atoms with Crippen LogP contribution < -0.4 is 10.2 Å². The van der Waals surface area contributed by atoms with Crippen molar-refractivity contribution in [3.63, 3.8) is 0 Å². The van der Waals surface area contributed by atoms with Gasteiger partial charge >= 0.3 is 0 Å². The average molecular weight is 470 g/mol. The van der Waals surface area contributed by atoms with Gasteiger partial charge in [-0.3, -0.25) is 4.90 Å². The van der Waals surface area contributed by atoms with Gasteiger partial charge in [0, 0.05) is 49.0 Å². The van der Waals surface area contributed by atoms with Crippen LogP contribution >= 0.6 is 11.6 Å². The molecule has 1 N–H and O–H groups in total. The topological polar surface area (TPSA) is 53.4 Å². The number of halogens is 2. The molecule has 2 fully saturated rings. The molecule has 6 nitrogen and oxygen atoms in total. The zero-order valence-corrected chi connectivity index (χ0v) is 19.6. The fourth-order valence-electron chi connectivity index (χ4n) is 5.18. The van der Waals surface area contributed by atoms with E-state index >= 15 is 0 Å². The van der Waals surface area contributed by atoms with E-state index in [4.69, 9.17) is 11.6 Å². The van der Waals surface area contributed by atoms with Crippen molar-refractivity contribution in [2.24, 2.45) is 0 Å². The van der Waals surface area contributed by atoms with Crippen LogP contribution in [0.1, 0.15) is 31.4 Å². The Labute approximate surface area is 198 Å². The van der Waals surface area contributed by atoms with Crippen LogP contribution in [0.3, 0.4) is 0 Å². The Kier molecular flexibility index (Phi) is 6.12. The largest absolute Gasteiger partial charge is 0.369 e. The van der Waals surface area contributed by atoms with Crippen LogP contribution in [0.2, 0.25) is 5.02 Å². The first-order valence-corrected chi connectivity index (χ1v) is 12.0. The lowest BCUT2D eigenvalue weighted by molar-refractivity contribution is -0.113. The minimum absolute atomic E-state index is 0.210. The molecule has 3 aromatic rings. The first-order valence-electron chi connectivity index (χ1n) is 11.6. The third-order valence-electron chi connectivity index (χ3n) is 7.13. The third-order valence-corrected chi connectivity index (χ3v) is 7.37. The van der Waals surface area contributed by atoms with Crippen LogP contribution in [0.15, 0.2) is 42.7 Å². The van der Waals surface area contributed by atoms with Crippen molar-refractivity contribution in [3.8, 4) is 0 Å². The molecule has 2 aliphatic heterocycles. The van der Waals surface area contributed by atoms with E-state index in [9.17, 15) is 9.18 Å². The first kappa shape index (κ1) is 22.3. The highest BCUT2D eigenvalue weighted by molar-refractivity contribution is 6.30. The smallest absolute Gasteiger partial charge is 0.141 e. The van der Waals surface area contributed by atoms with Gasteiger partial charge in [0.2, 0.25) is 0 Å². The normalized spacial score (nSPS) is 22.7. The molecule has 1 unspecified atom stereocenters. The Bertz CT molecular complexity index is 1150. The van der Waals surface area contributed by atoms with Gasteiger partial charge in [0.15, 0.2) is 0 Å². The number of piperazine rings is 1. The van der Waals surface area contributed by atoms with Crippen LogP contribution in [0, 0.1) is 5.82 Å². The van der Waals surface area contributed by atoms with E-state index in [1.54, 1.807) is 18.5 Å². The molecule has 174 valence electrons. The number of nitrogens with one attached hydrogen (secondary N) is 1. The SMILES string of the molecule is C[C@H](c1ccc(Cl)cc1F)n1cnc2ccc(N3CCN(CC4(C=O)CCCN4)CC3)cc21. The van der Waals surface area contributed by atoms with Gasteiger partial charge in [-0.05, 0) is 56.6 Å². The summed E-state index contributed by atoms with van der Waals surface area (Å²) in [6.07, 6.45) is 4.86. The summed E-state index contributed by atoms with van der Waals surface area (Å²) >= 11 is 5.93. The molecule has 2 atom stereocenters. The lowest BCUT2D eigenvalue weighted by atomic mass is 9.98. The van der Waals surface area contributed by atoms with E-state index in [1.807, 2.05) is 17.6 Å². The van der Waals surface area contributed by atoms with E-state index in [2.05, 4.69) is 32.2 Å². The third kappa shape index (κ3) is 4.37. The molecular formula is C25H29ClFN5O. The summed E-state index contributed by atoms with van der Waals surface area (Å²) < 4.78 is 16.6. The molecule has 0 aliphatic carbocycles. The van der Waals surface area contributed by atoms with Crippen molar-refractivity contribution in [2.75, 3.05) is 44.2 Å². The van der Waals surface area contributed by atoms with Gasteiger partial charge in [-0.15, -0.1) is 0 Å². The number of aldehydes is 1.